The average Bonchev–Trinajstić information content (AvgIpc) is 3.09. The van der Waals surface area contributed by atoms with Crippen LogP contribution < -0.4 is 27.0 Å². The van der Waals surface area contributed by atoms with Crippen LogP contribution in [-0.2, 0) is 47.9 Å². The first kappa shape index (κ1) is 52.5. The van der Waals surface area contributed by atoms with Crippen molar-refractivity contribution in [2.45, 2.75) is 150 Å². The Morgan fingerprint density at radius 2 is 0.737 bits per heavy atom. The van der Waals surface area contributed by atoms with Crippen molar-refractivity contribution in [3.05, 3.63) is 0 Å². The number of ketones is 5. The minimum atomic E-state index is -1.42. The minimum Gasteiger partial charge on any atom is -0.481 e. The highest BCUT2D eigenvalue weighted by Gasteiger charge is 2.35. The maximum Gasteiger partial charge on any atom is 0.306 e. The zero-order valence-corrected chi connectivity index (χ0v) is 34.5. The number of hydrogen-bond acceptors (Lipinski definition) is 14. The summed E-state index contributed by atoms with van der Waals surface area (Å²) < 4.78 is 0. The summed E-state index contributed by atoms with van der Waals surface area (Å²) in [6.45, 7) is 13.4. The number of aliphatic hydroxyl groups is 3. The molecule has 0 rings (SSSR count). The van der Waals surface area contributed by atoms with Gasteiger partial charge in [-0.05, 0) is 41.5 Å². The van der Waals surface area contributed by atoms with E-state index in [0.717, 1.165) is 0 Å². The van der Waals surface area contributed by atoms with E-state index in [4.69, 9.17) is 10.8 Å². The van der Waals surface area contributed by atoms with E-state index in [1.807, 2.05) is 0 Å². The van der Waals surface area contributed by atoms with Crippen LogP contribution in [0.15, 0.2) is 0 Å². The number of carboxylic acid groups (broad SMARTS) is 1. The molecular formula is C38H63N5O14. The number of carbonyl (C=O) groups excluding carboxylic acids is 9. The third-order valence-electron chi connectivity index (χ3n) is 9.58. The Bertz CT molecular complexity index is 1480. The molecule has 0 aromatic carbocycles. The van der Waals surface area contributed by atoms with Crippen LogP contribution in [0.1, 0.15) is 101 Å². The molecule has 0 aromatic heterocycles. The molecule has 10 N–H and O–H groups in total. The highest BCUT2D eigenvalue weighted by Crippen LogP contribution is 2.16. The molecule has 0 saturated heterocycles. The first-order chi connectivity index (χ1) is 26.1. The van der Waals surface area contributed by atoms with Gasteiger partial charge in [-0.1, -0.05) is 27.7 Å². The molecule has 0 aliphatic rings. The Morgan fingerprint density at radius 1 is 0.421 bits per heavy atom. The molecule has 19 nitrogen and oxygen atoms in total. The second kappa shape index (κ2) is 24.3. The molecule has 0 bridgehead atoms. The van der Waals surface area contributed by atoms with Gasteiger partial charge in [0.05, 0.1) is 48.3 Å². The molecule has 57 heavy (non-hydrogen) atoms. The smallest absolute Gasteiger partial charge is 0.306 e. The number of Topliss-reactive ketones (excluding diaryl/α,β-unsaturated/α-hetero) is 5. The Kier molecular flexibility index (Phi) is 22.4. The van der Waals surface area contributed by atoms with Gasteiger partial charge in [0.2, 0.25) is 23.6 Å². The quantitative estimate of drug-likeness (QED) is 0.0456. The second-order valence-electron chi connectivity index (χ2n) is 15.3. The molecule has 0 aromatic rings. The number of rotatable bonds is 27. The SMILES string of the molecule is C[C@H](N)C(=O)C[C@@H](C)C(=O)N[C@H](C(=O)C[C@@H](C)C(=O)N[C@@H](C)C(=O)C[C@H](C(=O)N[C@@H](C)C(=O)C[C@@H](C)C(=O)N[C@H](C(=O)C[C@@H](C)C(=O)O)[C@@H](C)O)[C@@H](C)O)[C@@H](C)O. The van der Waals surface area contributed by atoms with Crippen molar-refractivity contribution in [3.8, 4) is 0 Å². The van der Waals surface area contributed by atoms with Crippen molar-refractivity contribution in [2.24, 2.45) is 35.3 Å². The van der Waals surface area contributed by atoms with Crippen molar-refractivity contribution in [3.63, 3.8) is 0 Å². The lowest BCUT2D eigenvalue weighted by atomic mass is 9.92. The largest absolute Gasteiger partial charge is 0.481 e. The number of hydrogen-bond donors (Lipinski definition) is 9. The zero-order valence-electron chi connectivity index (χ0n) is 34.5. The van der Waals surface area contributed by atoms with Gasteiger partial charge in [0.25, 0.3) is 0 Å². The number of carbonyl (C=O) groups is 10. The third kappa shape index (κ3) is 18.1. The molecule has 4 amide bonds. The van der Waals surface area contributed by atoms with E-state index >= 15 is 0 Å². The predicted molar refractivity (Wildman–Crippen MR) is 204 cm³/mol. The Morgan fingerprint density at radius 3 is 1.09 bits per heavy atom. The van der Waals surface area contributed by atoms with E-state index in [1.54, 1.807) is 0 Å². The summed E-state index contributed by atoms with van der Waals surface area (Å²) in [5, 5.41) is 49.2. The molecular weight excluding hydrogens is 750 g/mol. The van der Waals surface area contributed by atoms with E-state index in [9.17, 15) is 63.3 Å². The molecule has 0 heterocycles. The number of carboxylic acids is 1. The summed E-state index contributed by atoms with van der Waals surface area (Å²) in [5.41, 5.74) is 5.54. The van der Waals surface area contributed by atoms with Crippen LogP contribution in [0.4, 0.5) is 0 Å². The number of amides is 4. The van der Waals surface area contributed by atoms with Crippen molar-refractivity contribution in [1.82, 2.24) is 21.3 Å². The predicted octanol–water partition coefficient (Wildman–Crippen LogP) is -1.50. The van der Waals surface area contributed by atoms with Crippen molar-refractivity contribution in [1.29, 1.82) is 0 Å². The lowest BCUT2D eigenvalue weighted by Gasteiger charge is -2.25. The standard InChI is InChI=1S/C38H63N5O14/c1-16(11-27(47)20(5)39)35(53)42-32(24(9)45)30(50)13-18(3)34(52)40-22(7)29(49)15-26(23(8)44)37(55)41-21(6)28(48)12-17(2)36(54)43-33(25(10)46)31(51)14-19(4)38(56)57/h16-26,32-33,44-46H,11-15,39H2,1-10H3,(H,40,52)(H,41,55)(H,42,53)(H,43,54)(H,56,57)/t16-,17-,18-,19-,20+,21+,22+,23-,24-,25-,26+,32+,33+/m1/s1. The summed E-state index contributed by atoms with van der Waals surface area (Å²) in [6.07, 6.45) is -6.13. The summed E-state index contributed by atoms with van der Waals surface area (Å²) in [7, 11) is 0. The Balaban J connectivity index is 5.36. The first-order valence-corrected chi connectivity index (χ1v) is 19.0. The van der Waals surface area contributed by atoms with Gasteiger partial charge >= 0.3 is 5.97 Å². The molecule has 0 unspecified atom stereocenters. The van der Waals surface area contributed by atoms with Gasteiger partial charge < -0.3 is 47.4 Å². The monoisotopic (exact) mass is 813 g/mol. The van der Waals surface area contributed by atoms with E-state index in [2.05, 4.69) is 21.3 Å². The molecule has 324 valence electrons. The lowest BCUT2D eigenvalue weighted by Crippen LogP contribution is -2.51. The highest BCUT2D eigenvalue weighted by molar-refractivity contribution is 5.98. The first-order valence-electron chi connectivity index (χ1n) is 19.0. The highest BCUT2D eigenvalue weighted by atomic mass is 16.4. The molecule has 0 saturated carbocycles. The van der Waals surface area contributed by atoms with Crippen LogP contribution in [0.25, 0.3) is 0 Å². The summed E-state index contributed by atoms with van der Waals surface area (Å²) in [6, 6.07) is -5.98. The molecule has 0 radical (unpaired) electrons. The number of nitrogens with two attached hydrogens (primary N) is 1. The van der Waals surface area contributed by atoms with Gasteiger partial charge in [0, 0.05) is 49.9 Å². The molecule has 0 aliphatic carbocycles. The summed E-state index contributed by atoms with van der Waals surface area (Å²) >= 11 is 0. The van der Waals surface area contributed by atoms with Crippen LogP contribution in [-0.4, -0.2) is 127 Å². The van der Waals surface area contributed by atoms with Crippen LogP contribution in [0, 0.1) is 29.6 Å². The van der Waals surface area contributed by atoms with Crippen molar-refractivity contribution in [2.75, 3.05) is 0 Å². The normalized spacial score (nSPS) is 18.2. The van der Waals surface area contributed by atoms with Crippen LogP contribution in [0.5, 0.6) is 0 Å². The fraction of sp³-hybridized carbons (Fsp3) is 0.737. The summed E-state index contributed by atoms with van der Waals surface area (Å²) in [5.74, 6) is -12.7. The van der Waals surface area contributed by atoms with Crippen LogP contribution in [0.2, 0.25) is 0 Å². The van der Waals surface area contributed by atoms with Gasteiger partial charge in [-0.3, -0.25) is 47.9 Å². The molecule has 0 aliphatic heterocycles. The van der Waals surface area contributed by atoms with E-state index in [-0.39, 0.29) is 12.2 Å². The average molecular weight is 814 g/mol. The molecule has 19 heteroatoms. The van der Waals surface area contributed by atoms with Crippen LogP contribution in [0.3, 0.4) is 0 Å². The third-order valence-corrected chi connectivity index (χ3v) is 9.58. The van der Waals surface area contributed by atoms with Gasteiger partial charge in [0.1, 0.15) is 17.9 Å². The van der Waals surface area contributed by atoms with Gasteiger partial charge in [-0.15, -0.1) is 0 Å². The van der Waals surface area contributed by atoms with Crippen molar-refractivity contribution < 1.29 is 68.4 Å². The van der Waals surface area contributed by atoms with Gasteiger partial charge in [-0.25, -0.2) is 0 Å². The van der Waals surface area contributed by atoms with Crippen LogP contribution >= 0.6 is 0 Å². The fourth-order valence-electron chi connectivity index (χ4n) is 5.43. The lowest BCUT2D eigenvalue weighted by molar-refractivity contribution is -0.144. The fourth-order valence-corrected chi connectivity index (χ4v) is 5.43. The van der Waals surface area contributed by atoms with E-state index in [0.29, 0.717) is 0 Å². The zero-order chi connectivity index (χ0) is 44.6. The minimum absolute atomic E-state index is 0.180. The maximum atomic E-state index is 13.1. The number of nitrogens with one attached hydrogen (secondary N) is 4. The Hall–Kier alpha value is -4.46. The van der Waals surface area contributed by atoms with Gasteiger partial charge in [0.15, 0.2) is 23.1 Å². The van der Waals surface area contributed by atoms with E-state index in [1.165, 1.54) is 69.2 Å². The van der Waals surface area contributed by atoms with Gasteiger partial charge in [-0.2, -0.15) is 0 Å². The number of aliphatic hydroxyl groups excluding tert-OH is 3. The van der Waals surface area contributed by atoms with E-state index < -0.39 is 157 Å². The Labute approximate surface area is 333 Å². The maximum absolute atomic E-state index is 13.1. The second-order valence-corrected chi connectivity index (χ2v) is 15.3. The topological polar surface area (TPSA) is 326 Å². The van der Waals surface area contributed by atoms with Crippen molar-refractivity contribution >= 4 is 58.5 Å². The molecule has 13 atom stereocenters. The number of aliphatic carboxylic acids is 1. The molecule has 0 spiro atoms. The summed E-state index contributed by atoms with van der Waals surface area (Å²) in [4.78, 5) is 126. The molecule has 0 fully saturated rings.